The van der Waals surface area contributed by atoms with Crippen molar-refractivity contribution in [1.29, 1.82) is 0 Å². The van der Waals surface area contributed by atoms with Crippen molar-refractivity contribution in [3.8, 4) is 5.75 Å². The van der Waals surface area contributed by atoms with Crippen LogP contribution < -0.4 is 4.74 Å². The molecule has 0 unspecified atom stereocenters. The van der Waals surface area contributed by atoms with Gasteiger partial charge in [0.15, 0.2) is 0 Å². The molecule has 0 amide bonds. The lowest BCUT2D eigenvalue weighted by Gasteiger charge is -2.40. The summed E-state index contributed by atoms with van der Waals surface area (Å²) in [7, 11) is 0. The predicted octanol–water partition coefficient (Wildman–Crippen LogP) is 4.20. The second-order valence-electron chi connectivity index (χ2n) is 5.14. The molecular weight excluding hydrogens is 280 g/mol. The molecule has 0 aliphatic carbocycles. The Balaban J connectivity index is 1.77. The third kappa shape index (κ3) is 2.40. The molecule has 4 rings (SSSR count). The van der Waals surface area contributed by atoms with Crippen molar-refractivity contribution in [3.63, 3.8) is 0 Å². The van der Waals surface area contributed by atoms with Gasteiger partial charge in [-0.25, -0.2) is 0 Å². The Bertz CT molecular complexity index is 672. The zero-order chi connectivity index (χ0) is 14.1. The van der Waals surface area contributed by atoms with Gasteiger partial charge in [0.1, 0.15) is 11.1 Å². The molecule has 0 spiro atoms. The maximum absolute atomic E-state index is 6.07. The number of amidine groups is 1. The number of rotatable bonds is 1. The fourth-order valence-electron chi connectivity index (χ4n) is 2.73. The van der Waals surface area contributed by atoms with E-state index in [4.69, 9.17) is 9.73 Å². The number of para-hydroxylation sites is 2. The molecule has 0 aromatic heterocycles. The molecule has 2 aliphatic rings. The molecule has 2 heterocycles. The summed E-state index contributed by atoms with van der Waals surface area (Å²) in [5.41, 5.74) is 2.19. The lowest BCUT2D eigenvalue weighted by Crippen LogP contribution is -2.43. The first kappa shape index (κ1) is 12.8. The Labute approximate surface area is 128 Å². The van der Waals surface area contributed by atoms with Crippen LogP contribution in [0, 0.1) is 0 Å². The Kier molecular flexibility index (Phi) is 3.31. The van der Waals surface area contributed by atoms with Crippen molar-refractivity contribution in [2.75, 3.05) is 12.3 Å². The van der Waals surface area contributed by atoms with E-state index < -0.39 is 0 Å². The van der Waals surface area contributed by atoms with Crippen molar-refractivity contribution in [2.24, 2.45) is 4.99 Å². The normalized spacial score (nSPS) is 22.4. The number of benzene rings is 2. The smallest absolute Gasteiger partial charge is 0.299 e. The Morgan fingerprint density at radius 2 is 1.86 bits per heavy atom. The summed E-state index contributed by atoms with van der Waals surface area (Å²) in [5, 5.41) is 0.325. The van der Waals surface area contributed by atoms with E-state index in [1.807, 2.05) is 54.2 Å². The summed E-state index contributed by atoms with van der Waals surface area (Å²) < 4.78 is 6.07. The van der Waals surface area contributed by atoms with Gasteiger partial charge in [-0.1, -0.05) is 36.4 Å². The highest BCUT2D eigenvalue weighted by atomic mass is 32.2. The minimum Gasteiger partial charge on any atom is -0.425 e. The van der Waals surface area contributed by atoms with Gasteiger partial charge in [0.2, 0.25) is 0 Å². The van der Waals surface area contributed by atoms with Crippen molar-refractivity contribution < 1.29 is 4.74 Å². The fraction of sp³-hybridized carbons (Fsp3) is 0.235. The summed E-state index contributed by atoms with van der Waals surface area (Å²) in [6, 6.07) is 19.0. The molecule has 0 bridgehead atoms. The molecular formula is C17H16N2OS. The lowest BCUT2D eigenvalue weighted by atomic mass is 10.1. The molecule has 4 heteroatoms. The highest BCUT2D eigenvalue weighted by Crippen LogP contribution is 2.44. The number of nitrogens with zero attached hydrogens (tertiary/aromatic N) is 2. The predicted molar refractivity (Wildman–Crippen MR) is 87.1 cm³/mol. The maximum Gasteiger partial charge on any atom is 0.299 e. The van der Waals surface area contributed by atoms with Crippen LogP contribution in [-0.2, 0) is 0 Å². The first-order valence-corrected chi connectivity index (χ1v) is 8.25. The van der Waals surface area contributed by atoms with Gasteiger partial charge in [0.05, 0.1) is 5.69 Å². The van der Waals surface area contributed by atoms with Crippen LogP contribution in [-0.4, -0.2) is 23.2 Å². The summed E-state index contributed by atoms with van der Waals surface area (Å²) in [6.07, 6.45) is 1.17. The average molecular weight is 296 g/mol. The van der Waals surface area contributed by atoms with E-state index in [-0.39, 0.29) is 0 Å². The van der Waals surface area contributed by atoms with Gasteiger partial charge < -0.3 is 9.64 Å². The Morgan fingerprint density at radius 1 is 1.05 bits per heavy atom. The zero-order valence-electron chi connectivity index (χ0n) is 11.6. The van der Waals surface area contributed by atoms with Crippen LogP contribution in [0.15, 0.2) is 59.6 Å². The molecule has 1 atom stereocenters. The molecule has 2 aliphatic heterocycles. The maximum atomic E-state index is 6.07. The highest BCUT2D eigenvalue weighted by Gasteiger charge is 2.35. The summed E-state index contributed by atoms with van der Waals surface area (Å²) in [6.45, 7) is 0.998. The quantitative estimate of drug-likeness (QED) is 0.788. The van der Waals surface area contributed by atoms with Gasteiger partial charge in [0, 0.05) is 12.1 Å². The minimum absolute atomic E-state index is 0.325. The number of ether oxygens (including phenoxy) is 1. The molecule has 0 saturated carbocycles. The van der Waals surface area contributed by atoms with Crippen molar-refractivity contribution in [1.82, 2.24) is 4.90 Å². The lowest BCUT2D eigenvalue weighted by molar-refractivity contribution is 0.289. The highest BCUT2D eigenvalue weighted by molar-refractivity contribution is 7.99. The van der Waals surface area contributed by atoms with E-state index in [1.54, 1.807) is 0 Å². The molecule has 1 fully saturated rings. The van der Waals surface area contributed by atoms with Crippen LogP contribution in [0.5, 0.6) is 5.75 Å². The van der Waals surface area contributed by atoms with Gasteiger partial charge in [-0.3, -0.25) is 0 Å². The molecule has 106 valence electrons. The van der Waals surface area contributed by atoms with E-state index in [2.05, 4.69) is 17.0 Å². The molecule has 3 nitrogen and oxygen atoms in total. The van der Waals surface area contributed by atoms with Crippen LogP contribution in [0.3, 0.4) is 0 Å². The first-order chi connectivity index (χ1) is 10.4. The summed E-state index contributed by atoms with van der Waals surface area (Å²) in [4.78, 5) is 6.99. The standard InChI is InChI=1S/C17H16N2OS/c1-2-7-13(8-3-1)18-17-19-11-6-12-21-16(19)14-9-4-5-10-15(14)20-17/h1-5,7-10,16H,6,11-12H2/t16-/m0/s1. The molecule has 0 N–H and O–H groups in total. The van der Waals surface area contributed by atoms with E-state index in [9.17, 15) is 0 Å². The topological polar surface area (TPSA) is 24.8 Å². The van der Waals surface area contributed by atoms with Crippen LogP contribution in [0.25, 0.3) is 0 Å². The van der Waals surface area contributed by atoms with E-state index in [1.165, 1.54) is 17.7 Å². The van der Waals surface area contributed by atoms with Gasteiger partial charge >= 0.3 is 0 Å². The van der Waals surface area contributed by atoms with E-state index in [0.717, 1.165) is 24.0 Å². The van der Waals surface area contributed by atoms with Crippen LogP contribution in [0.4, 0.5) is 5.69 Å². The Hall–Kier alpha value is -1.94. The number of hydrogen-bond donors (Lipinski definition) is 0. The summed E-state index contributed by atoms with van der Waals surface area (Å²) >= 11 is 1.97. The van der Waals surface area contributed by atoms with Gasteiger partial charge in [0.25, 0.3) is 6.02 Å². The van der Waals surface area contributed by atoms with Crippen molar-refractivity contribution >= 4 is 23.5 Å². The van der Waals surface area contributed by atoms with E-state index >= 15 is 0 Å². The largest absolute Gasteiger partial charge is 0.425 e. The molecule has 1 saturated heterocycles. The zero-order valence-corrected chi connectivity index (χ0v) is 12.4. The third-order valence-electron chi connectivity index (χ3n) is 3.72. The first-order valence-electron chi connectivity index (χ1n) is 7.20. The van der Waals surface area contributed by atoms with Gasteiger partial charge in [-0.2, -0.15) is 4.99 Å². The van der Waals surface area contributed by atoms with Crippen molar-refractivity contribution in [3.05, 3.63) is 60.2 Å². The fourth-order valence-corrected chi connectivity index (χ4v) is 3.99. The molecule has 21 heavy (non-hydrogen) atoms. The van der Waals surface area contributed by atoms with Crippen LogP contribution in [0.2, 0.25) is 0 Å². The monoisotopic (exact) mass is 296 g/mol. The third-order valence-corrected chi connectivity index (χ3v) is 5.06. The second-order valence-corrected chi connectivity index (χ2v) is 6.33. The molecule has 2 aromatic carbocycles. The number of aliphatic imine (C=N–C) groups is 1. The number of thioether (sulfide) groups is 1. The number of fused-ring (bicyclic) bond motifs is 3. The van der Waals surface area contributed by atoms with Gasteiger partial charge in [-0.15, -0.1) is 11.8 Å². The number of hydrogen-bond acceptors (Lipinski definition) is 3. The Morgan fingerprint density at radius 3 is 2.76 bits per heavy atom. The minimum atomic E-state index is 0.325. The van der Waals surface area contributed by atoms with Crippen LogP contribution in [0.1, 0.15) is 17.4 Å². The average Bonchev–Trinajstić information content (AvgIpc) is 2.56. The van der Waals surface area contributed by atoms with Crippen molar-refractivity contribution in [2.45, 2.75) is 11.8 Å². The van der Waals surface area contributed by atoms with Gasteiger partial charge in [-0.05, 0) is 30.4 Å². The molecule has 2 aromatic rings. The SMILES string of the molecule is c1ccc(N=C2Oc3ccccc3[C@@H]3SCCCN23)cc1. The molecule has 0 radical (unpaired) electrons. The second kappa shape index (κ2) is 5.45. The van der Waals surface area contributed by atoms with Crippen LogP contribution >= 0.6 is 11.8 Å². The summed E-state index contributed by atoms with van der Waals surface area (Å²) in [5.74, 6) is 2.12. The van der Waals surface area contributed by atoms with E-state index in [0.29, 0.717) is 5.37 Å².